The third kappa shape index (κ3) is 31.7. The number of Topliss-reactive ketones (excluding diaryl/α,β-unsaturated/α-hetero) is 1. The van der Waals surface area contributed by atoms with Crippen LogP contribution in [0.4, 0.5) is 5.95 Å². The largest absolute Gasteiger partial charge is 2.00 e. The monoisotopic (exact) mass is 1570 g/mol. The molecule has 0 spiro atoms. The van der Waals surface area contributed by atoms with Gasteiger partial charge in [-0.05, 0) is 74.1 Å². The molecule has 0 bridgehead atoms. The van der Waals surface area contributed by atoms with E-state index < -0.39 is 135 Å². The van der Waals surface area contributed by atoms with Gasteiger partial charge in [0.25, 0.3) is 16.0 Å². The van der Waals surface area contributed by atoms with Gasteiger partial charge in [0.2, 0.25) is 39.0 Å². The third-order valence-corrected chi connectivity index (χ3v) is 16.9. The second kappa shape index (κ2) is 42.6. The molecule has 2 heterocycles. The van der Waals surface area contributed by atoms with Crippen LogP contribution in [0.2, 0.25) is 0 Å². The average molecular weight is 1570 g/mol. The number of ketones is 1. The van der Waals surface area contributed by atoms with Crippen LogP contribution in [0.5, 0.6) is 5.75 Å². The number of aryl methyl sites for hydroxylation is 3. The fourth-order valence-corrected chi connectivity index (χ4v) is 12.1. The standard InChI is InChI=1S/C59H86N12O24S2.Gd/c1-39-26-43(27-40(2)55(39)97(90,91)67-46(58(85)86)30-64-56(83)45-31-68(3)48-28-41(9-10-44(48)54(45)82)29-65-59-62-13-14-63-59)95-21-5-8-49(74)60-11-6-19-92-22-24-94-25-23-93-20-7-12-61-57(84)47(38-96(87,88)89)66-50(75)32-70(34-52(78)79)16-15-69(33-51(76)77)17-18-71(4,36-53(80)81)35-42(73)37-72;/h9-10,13-14,26-28,31,46-47,67,72H,5-8,11-12,15-25,29-30,32-38H2,1-4H3,(H10-,60,61,62,63,64,65,66,74,75,76,77,78,79,80,81,83,84,85,86,87,88,89);/q;+2/p+1/t46?,47-,71?;/m0./s1. The number of benzene rings is 2. The van der Waals surface area contributed by atoms with Gasteiger partial charge in [-0.2, -0.15) is 13.1 Å². The summed E-state index contributed by atoms with van der Waals surface area (Å²) < 4.78 is 86.0. The zero-order chi connectivity index (χ0) is 71.9. The zero-order valence-electron chi connectivity index (χ0n) is 54.6. The first-order valence-electron chi connectivity index (χ1n) is 30.5. The molecule has 0 aliphatic carbocycles. The van der Waals surface area contributed by atoms with Gasteiger partial charge in [-0.1, -0.05) is 6.07 Å². The number of carboxylic acids is 4. The van der Waals surface area contributed by atoms with Crippen molar-refractivity contribution in [3.8, 4) is 5.75 Å². The summed E-state index contributed by atoms with van der Waals surface area (Å²) >= 11 is 0. The SMILES string of the molecule is Cc1cc(OCCCC(=O)NCCCOCCOCCOCCCNC(=O)[C@H](CS(=O)(=O)O)NC(=O)CN(CCN(CC[N+](C)(CC(=O)O)CC(=O)CO)CC(=O)O)CC(=O)O)cc(C)c1S(=O)(=O)NC(CNC(=O)c1cn(C)c2cc(CNc3ncc[nH]3)ccc2c1=O)C(=O)O.[Gd+2]. The molecule has 0 aliphatic rings. The van der Waals surface area contributed by atoms with E-state index in [0.717, 1.165) is 10.5 Å². The molecule has 13 N–H and O–H groups in total. The van der Waals surface area contributed by atoms with Gasteiger partial charge in [0.15, 0.2) is 12.5 Å². The number of nitrogens with zero attached hydrogens (tertiary/aromatic N) is 5. The van der Waals surface area contributed by atoms with Gasteiger partial charge in [0.05, 0.1) is 76.7 Å². The molecule has 544 valence electrons. The summed E-state index contributed by atoms with van der Waals surface area (Å²) in [4.78, 5) is 134. The van der Waals surface area contributed by atoms with Gasteiger partial charge < -0.3 is 85.1 Å². The van der Waals surface area contributed by atoms with E-state index in [2.05, 4.69) is 41.3 Å². The second-order valence-corrected chi connectivity index (χ2v) is 25.9. The molecule has 39 heteroatoms. The predicted octanol–water partition coefficient (Wildman–Crippen LogP) is -2.89. The molecular formula is C59H87GdN12O24S2+3. The minimum absolute atomic E-state index is 0. The molecule has 0 aliphatic heterocycles. The topological polar surface area (TPSA) is 510 Å². The van der Waals surface area contributed by atoms with Crippen molar-refractivity contribution >= 4 is 90.3 Å². The number of pyridine rings is 1. The van der Waals surface area contributed by atoms with Crippen molar-refractivity contribution in [2.24, 2.45) is 7.05 Å². The third-order valence-electron chi connectivity index (χ3n) is 14.4. The van der Waals surface area contributed by atoms with Gasteiger partial charge in [0.1, 0.15) is 42.3 Å². The van der Waals surface area contributed by atoms with E-state index in [1.54, 1.807) is 42.2 Å². The number of hydrogen-bond donors (Lipinski definition) is 13. The van der Waals surface area contributed by atoms with E-state index in [1.807, 2.05) is 0 Å². The average Bonchev–Trinajstić information content (AvgIpc) is 0.867. The van der Waals surface area contributed by atoms with Gasteiger partial charge in [-0.3, -0.25) is 57.5 Å². The summed E-state index contributed by atoms with van der Waals surface area (Å²) in [6.07, 6.45) is 5.75. The minimum Gasteiger partial charge on any atom is -0.494 e. The summed E-state index contributed by atoms with van der Waals surface area (Å²) in [7, 11) is -6.27. The predicted molar refractivity (Wildman–Crippen MR) is 345 cm³/mol. The summed E-state index contributed by atoms with van der Waals surface area (Å²) in [5, 5.41) is 60.7. The number of carbonyl (C=O) groups excluding carboxylic acids is 5. The molecule has 0 radical (unpaired) electrons. The number of rotatable bonds is 50. The Bertz CT molecular complexity index is 3620. The quantitative estimate of drug-likeness (QED) is 0.0120. The number of carbonyl (C=O) groups is 9. The van der Waals surface area contributed by atoms with Crippen LogP contribution in [0, 0.1) is 53.8 Å². The first-order chi connectivity index (χ1) is 45.8. The van der Waals surface area contributed by atoms with E-state index in [1.165, 1.54) is 44.1 Å². The number of imidazole rings is 1. The van der Waals surface area contributed by atoms with Crippen molar-refractivity contribution in [2.45, 2.75) is 63.1 Å². The second-order valence-electron chi connectivity index (χ2n) is 22.8. The minimum atomic E-state index is -4.84. The number of aliphatic hydroxyl groups excluding tert-OH is 1. The Kier molecular flexibility index (Phi) is 37.0. The van der Waals surface area contributed by atoms with Crippen LogP contribution in [-0.4, -0.2) is 285 Å². The number of amides is 4. The number of H-pyrrole nitrogens is 1. The van der Waals surface area contributed by atoms with Gasteiger partial charge in [-0.25, -0.2) is 18.2 Å². The molecule has 2 aromatic carbocycles. The van der Waals surface area contributed by atoms with Crippen molar-refractivity contribution in [3.63, 3.8) is 0 Å². The summed E-state index contributed by atoms with van der Waals surface area (Å²) in [6.45, 7) is -0.0890. The number of carboxylic acid groups (broad SMARTS) is 4. The molecule has 3 atom stereocenters. The van der Waals surface area contributed by atoms with Crippen LogP contribution in [0.3, 0.4) is 0 Å². The van der Waals surface area contributed by atoms with E-state index >= 15 is 0 Å². The molecule has 2 unspecified atom stereocenters. The first kappa shape index (κ1) is 85.0. The maximum absolute atomic E-state index is 13.6. The van der Waals surface area contributed by atoms with Crippen LogP contribution in [-0.2, 0) is 86.3 Å². The Morgan fingerprint density at radius 2 is 1.35 bits per heavy atom. The number of sulfonamides is 1. The molecular weight excluding hydrogens is 1480 g/mol. The number of aliphatic carboxylic acids is 4. The fourth-order valence-electron chi connectivity index (χ4n) is 9.83. The molecule has 0 saturated carbocycles. The number of anilines is 1. The number of nitrogens with one attached hydrogen (secondary N) is 7. The van der Waals surface area contributed by atoms with E-state index in [-0.39, 0.29) is 165 Å². The van der Waals surface area contributed by atoms with E-state index in [4.69, 9.17) is 18.9 Å². The summed E-state index contributed by atoms with van der Waals surface area (Å²) in [5.41, 5.74) is 0.953. The maximum atomic E-state index is 13.6. The van der Waals surface area contributed by atoms with Gasteiger partial charge >= 0.3 is 63.8 Å². The normalized spacial score (nSPS) is 12.8. The zero-order valence-corrected chi connectivity index (χ0v) is 58.5. The van der Waals surface area contributed by atoms with Crippen molar-refractivity contribution in [1.82, 2.24) is 50.3 Å². The maximum Gasteiger partial charge on any atom is 2.00 e. The molecule has 0 fully saturated rings. The Balaban J connectivity index is 0.0000250. The Morgan fingerprint density at radius 1 is 0.735 bits per heavy atom. The van der Waals surface area contributed by atoms with E-state index in [0.29, 0.717) is 49.8 Å². The summed E-state index contributed by atoms with van der Waals surface area (Å²) in [5.74, 6) is -9.71. The Morgan fingerprint density at radius 3 is 1.93 bits per heavy atom. The van der Waals surface area contributed by atoms with Crippen molar-refractivity contribution < 1.29 is 153 Å². The molecule has 0 saturated heterocycles. The fraction of sp³-hybridized carbons (Fsp3) is 0.542. The van der Waals surface area contributed by atoms with Crippen LogP contribution < -0.4 is 41.5 Å². The molecule has 4 amide bonds. The molecule has 98 heavy (non-hydrogen) atoms. The van der Waals surface area contributed by atoms with E-state index in [9.17, 15) is 94.9 Å². The molecule has 4 rings (SSSR count). The van der Waals surface area contributed by atoms with Gasteiger partial charge in [-0.15, -0.1) is 0 Å². The van der Waals surface area contributed by atoms with Crippen LogP contribution in [0.1, 0.15) is 52.7 Å². The van der Waals surface area contributed by atoms with Gasteiger partial charge in [0, 0.05) is 96.5 Å². The molecule has 36 nitrogen and oxygen atoms in total. The van der Waals surface area contributed by atoms with Crippen LogP contribution >= 0.6 is 0 Å². The number of hydrogen-bond acceptors (Lipinski definition) is 23. The Hall–Kier alpha value is -7.25. The van der Waals surface area contributed by atoms with Crippen LogP contribution in [0.25, 0.3) is 10.9 Å². The number of aliphatic hydroxyl groups is 1. The van der Waals surface area contributed by atoms with Crippen molar-refractivity contribution in [3.05, 3.63) is 81.4 Å². The number of quaternary nitrogens is 1. The van der Waals surface area contributed by atoms with Crippen LogP contribution in [0.15, 0.2) is 58.6 Å². The Labute approximate surface area is 596 Å². The number of ether oxygens (including phenoxy) is 4. The number of fused-ring (bicyclic) bond motifs is 1. The first-order valence-corrected chi connectivity index (χ1v) is 33.6. The molecule has 2 aromatic heterocycles. The summed E-state index contributed by atoms with van der Waals surface area (Å²) in [6, 6.07) is 4.36. The van der Waals surface area contributed by atoms with Crippen molar-refractivity contribution in [2.75, 3.05) is 150 Å². The van der Waals surface area contributed by atoms with Crippen molar-refractivity contribution in [1.29, 1.82) is 0 Å². The smallest absolute Gasteiger partial charge is 0.494 e. The number of aromatic nitrogens is 3. The molecule has 4 aromatic rings. The number of aromatic amines is 1. The number of likely N-dealkylation sites (N-methyl/N-ethyl adjacent to an activating group) is 1.